The fourth-order valence-corrected chi connectivity index (χ4v) is 3.59. The zero-order valence-corrected chi connectivity index (χ0v) is 20.1. The summed E-state index contributed by atoms with van der Waals surface area (Å²) in [5.74, 6) is 3.24. The van der Waals surface area contributed by atoms with Crippen molar-refractivity contribution in [2.75, 3.05) is 58.0 Å². The van der Waals surface area contributed by atoms with E-state index in [1.165, 1.54) is 0 Å². The number of anilines is 1. The molecule has 1 aromatic heterocycles. The molecule has 0 aliphatic carbocycles. The number of aromatic nitrogens is 2. The number of hydrogen-bond donors (Lipinski definition) is 2. The number of nitrogens with one attached hydrogen (secondary N) is 2. The van der Waals surface area contributed by atoms with E-state index in [9.17, 15) is 0 Å². The van der Waals surface area contributed by atoms with Crippen molar-refractivity contribution in [3.05, 3.63) is 42.2 Å². The van der Waals surface area contributed by atoms with E-state index in [2.05, 4.69) is 35.4 Å². The zero-order chi connectivity index (χ0) is 20.6. The number of hydrogen-bond acceptors (Lipinski definition) is 7. The molecule has 0 radical (unpaired) electrons. The maximum atomic E-state index is 5.43. The molecule has 0 atom stereocenters. The third-order valence-corrected chi connectivity index (χ3v) is 5.27. The van der Waals surface area contributed by atoms with Crippen molar-refractivity contribution >= 4 is 35.9 Å². The minimum Gasteiger partial charge on any atom is -0.454 e. The van der Waals surface area contributed by atoms with Crippen molar-refractivity contribution < 1.29 is 9.47 Å². The second kappa shape index (κ2) is 11.9. The SMILES string of the molecule is CN=C(NCCCN1CCN(c2ncccn2)CC1)NCc1ccc2c(c1)OCO2.I. The first-order valence-corrected chi connectivity index (χ1v) is 10.4. The Kier molecular flexibility index (Phi) is 8.95. The molecule has 1 fully saturated rings. The van der Waals surface area contributed by atoms with E-state index in [-0.39, 0.29) is 24.0 Å². The van der Waals surface area contributed by atoms with Gasteiger partial charge in [0, 0.05) is 58.7 Å². The van der Waals surface area contributed by atoms with Crippen LogP contribution in [0.3, 0.4) is 0 Å². The lowest BCUT2D eigenvalue weighted by Crippen LogP contribution is -2.47. The maximum absolute atomic E-state index is 5.43. The molecule has 2 aromatic rings. The van der Waals surface area contributed by atoms with E-state index < -0.39 is 0 Å². The van der Waals surface area contributed by atoms with Gasteiger partial charge >= 0.3 is 0 Å². The van der Waals surface area contributed by atoms with Gasteiger partial charge in [0.05, 0.1) is 0 Å². The van der Waals surface area contributed by atoms with Crippen LogP contribution in [0.15, 0.2) is 41.7 Å². The van der Waals surface area contributed by atoms with E-state index in [4.69, 9.17) is 9.47 Å². The minimum absolute atomic E-state index is 0. The third kappa shape index (κ3) is 6.57. The molecule has 9 nitrogen and oxygen atoms in total. The van der Waals surface area contributed by atoms with Crippen LogP contribution < -0.4 is 25.0 Å². The predicted molar refractivity (Wildman–Crippen MR) is 131 cm³/mol. The van der Waals surface area contributed by atoms with Crippen molar-refractivity contribution in [1.82, 2.24) is 25.5 Å². The van der Waals surface area contributed by atoms with Gasteiger partial charge in [-0.3, -0.25) is 9.89 Å². The molecule has 4 rings (SSSR count). The summed E-state index contributed by atoms with van der Waals surface area (Å²) in [6.45, 7) is 6.93. The summed E-state index contributed by atoms with van der Waals surface area (Å²) in [7, 11) is 1.79. The molecule has 0 spiro atoms. The first-order chi connectivity index (χ1) is 14.8. The molecule has 168 valence electrons. The lowest BCUT2D eigenvalue weighted by molar-refractivity contribution is 0.174. The van der Waals surface area contributed by atoms with Crippen molar-refractivity contribution in [1.29, 1.82) is 0 Å². The van der Waals surface area contributed by atoms with Crippen LogP contribution in [-0.2, 0) is 6.54 Å². The molecule has 0 saturated carbocycles. The first-order valence-electron chi connectivity index (χ1n) is 10.4. The van der Waals surface area contributed by atoms with Crippen LogP contribution in [0, 0.1) is 0 Å². The number of aliphatic imine (C=N–C) groups is 1. The van der Waals surface area contributed by atoms with Crippen molar-refractivity contribution in [2.24, 2.45) is 4.99 Å². The highest BCUT2D eigenvalue weighted by atomic mass is 127. The summed E-state index contributed by atoms with van der Waals surface area (Å²) < 4.78 is 10.8. The van der Waals surface area contributed by atoms with Crippen LogP contribution in [0.4, 0.5) is 5.95 Å². The van der Waals surface area contributed by atoms with E-state index in [0.29, 0.717) is 13.3 Å². The number of rotatable bonds is 7. The van der Waals surface area contributed by atoms with Gasteiger partial charge in [0.15, 0.2) is 17.5 Å². The van der Waals surface area contributed by atoms with Crippen LogP contribution >= 0.6 is 24.0 Å². The molecule has 0 amide bonds. The third-order valence-electron chi connectivity index (χ3n) is 5.27. The van der Waals surface area contributed by atoms with Crippen molar-refractivity contribution in [3.63, 3.8) is 0 Å². The van der Waals surface area contributed by atoms with Crippen LogP contribution in [0.2, 0.25) is 0 Å². The predicted octanol–water partition coefficient (Wildman–Crippen LogP) is 1.70. The molecule has 2 aliphatic heterocycles. The van der Waals surface area contributed by atoms with E-state index >= 15 is 0 Å². The molecular formula is C21H30IN7O2. The highest BCUT2D eigenvalue weighted by Gasteiger charge is 2.18. The molecule has 1 saturated heterocycles. The monoisotopic (exact) mass is 539 g/mol. The highest BCUT2D eigenvalue weighted by molar-refractivity contribution is 14.0. The number of guanidine groups is 1. The maximum Gasteiger partial charge on any atom is 0.231 e. The van der Waals surface area contributed by atoms with Crippen LogP contribution in [-0.4, -0.2) is 73.9 Å². The molecule has 31 heavy (non-hydrogen) atoms. The number of nitrogens with zero attached hydrogens (tertiary/aromatic N) is 5. The summed E-state index contributed by atoms with van der Waals surface area (Å²) >= 11 is 0. The Morgan fingerprint density at radius 3 is 2.61 bits per heavy atom. The first kappa shape index (κ1) is 23.3. The van der Waals surface area contributed by atoms with Gasteiger partial charge < -0.3 is 25.0 Å². The van der Waals surface area contributed by atoms with E-state index in [0.717, 1.165) is 74.7 Å². The van der Waals surface area contributed by atoms with Crippen LogP contribution in [0.1, 0.15) is 12.0 Å². The highest BCUT2D eigenvalue weighted by Crippen LogP contribution is 2.32. The van der Waals surface area contributed by atoms with Gasteiger partial charge in [-0.1, -0.05) is 6.07 Å². The molecule has 10 heteroatoms. The second-order valence-corrected chi connectivity index (χ2v) is 7.27. The van der Waals surface area contributed by atoms with Gasteiger partial charge in [0.25, 0.3) is 0 Å². The Balaban J connectivity index is 0.00000272. The van der Waals surface area contributed by atoms with E-state index in [1.54, 1.807) is 19.4 Å². The molecule has 0 unspecified atom stereocenters. The summed E-state index contributed by atoms with van der Waals surface area (Å²) in [4.78, 5) is 17.7. The molecule has 1 aromatic carbocycles. The average molecular weight is 539 g/mol. The van der Waals surface area contributed by atoms with Gasteiger partial charge in [-0.25, -0.2) is 9.97 Å². The normalized spacial score (nSPS) is 16.0. The minimum atomic E-state index is 0. The molecule has 3 heterocycles. The average Bonchev–Trinajstić information content (AvgIpc) is 3.27. The molecule has 2 N–H and O–H groups in total. The summed E-state index contributed by atoms with van der Waals surface area (Å²) in [5, 5.41) is 6.74. The Morgan fingerprint density at radius 2 is 1.84 bits per heavy atom. The Bertz CT molecular complexity index is 845. The largest absolute Gasteiger partial charge is 0.454 e. The number of halogens is 1. The van der Waals surface area contributed by atoms with Gasteiger partial charge in [-0.05, 0) is 36.7 Å². The number of ether oxygens (including phenoxy) is 2. The zero-order valence-electron chi connectivity index (χ0n) is 17.8. The standard InChI is InChI=1S/C21H29N7O2.HI/c1-22-20(26-15-17-4-5-18-19(14-17)30-16-29-18)23-8-3-9-27-10-12-28(13-11-27)21-24-6-2-7-25-21;/h2,4-7,14H,3,8-13,15-16H2,1H3,(H2,22,23,26);1H. The number of piperazine rings is 1. The lowest BCUT2D eigenvalue weighted by atomic mass is 10.2. The van der Waals surface area contributed by atoms with Gasteiger partial charge in [0.2, 0.25) is 12.7 Å². The summed E-state index contributed by atoms with van der Waals surface area (Å²) in [6.07, 6.45) is 4.66. The van der Waals surface area contributed by atoms with Crippen molar-refractivity contribution in [3.8, 4) is 11.5 Å². The summed E-state index contributed by atoms with van der Waals surface area (Å²) in [6, 6.07) is 7.83. The van der Waals surface area contributed by atoms with Gasteiger partial charge in [-0.15, -0.1) is 24.0 Å². The molecule has 2 aliphatic rings. The van der Waals surface area contributed by atoms with Gasteiger partial charge in [0.1, 0.15) is 0 Å². The molecule has 0 bridgehead atoms. The quantitative estimate of drug-likeness (QED) is 0.238. The molecular weight excluding hydrogens is 509 g/mol. The second-order valence-electron chi connectivity index (χ2n) is 7.27. The Hall–Kier alpha value is -2.34. The fourth-order valence-electron chi connectivity index (χ4n) is 3.59. The lowest BCUT2D eigenvalue weighted by Gasteiger charge is -2.34. The Labute approximate surface area is 200 Å². The van der Waals surface area contributed by atoms with Gasteiger partial charge in [-0.2, -0.15) is 0 Å². The number of fused-ring (bicyclic) bond motifs is 1. The van der Waals surface area contributed by atoms with Crippen molar-refractivity contribution in [2.45, 2.75) is 13.0 Å². The van der Waals surface area contributed by atoms with Crippen LogP contribution in [0.5, 0.6) is 11.5 Å². The number of benzene rings is 1. The van der Waals surface area contributed by atoms with Crippen LogP contribution in [0.25, 0.3) is 0 Å². The summed E-state index contributed by atoms with van der Waals surface area (Å²) in [5.41, 5.74) is 1.13. The smallest absolute Gasteiger partial charge is 0.231 e. The topological polar surface area (TPSA) is 87.1 Å². The van der Waals surface area contributed by atoms with E-state index in [1.807, 2.05) is 24.3 Å². The fraction of sp³-hybridized carbons (Fsp3) is 0.476. The Morgan fingerprint density at radius 1 is 1.06 bits per heavy atom.